The largest absolute Gasteiger partial charge is 0.352 e. The lowest BCUT2D eigenvalue weighted by Gasteiger charge is -2.35. The molecule has 0 unspecified atom stereocenters. The minimum atomic E-state index is -0.160. The fraction of sp³-hybridized carbons (Fsp3) is 0.609. The highest BCUT2D eigenvalue weighted by Gasteiger charge is 2.24. The van der Waals surface area contributed by atoms with Crippen LogP contribution in [0.3, 0.4) is 0 Å². The van der Waals surface area contributed by atoms with Gasteiger partial charge in [-0.3, -0.25) is 19.3 Å². The molecule has 31 heavy (non-hydrogen) atoms. The van der Waals surface area contributed by atoms with Crippen molar-refractivity contribution in [2.45, 2.75) is 38.5 Å². The highest BCUT2D eigenvalue weighted by molar-refractivity contribution is 6.30. The van der Waals surface area contributed by atoms with Gasteiger partial charge >= 0.3 is 0 Å². The van der Waals surface area contributed by atoms with Crippen LogP contribution in [0, 0.1) is 0 Å². The number of carbonyl (C=O) groups is 3. The molecular weight excluding hydrogens is 416 g/mol. The quantitative estimate of drug-likeness (QED) is 0.650. The van der Waals surface area contributed by atoms with E-state index in [1.807, 2.05) is 9.80 Å². The Morgan fingerprint density at radius 1 is 0.806 bits per heavy atom. The summed E-state index contributed by atoms with van der Waals surface area (Å²) in [5.74, 6) is 0.171. The number of amides is 3. The van der Waals surface area contributed by atoms with Gasteiger partial charge in [0, 0.05) is 62.8 Å². The van der Waals surface area contributed by atoms with Crippen LogP contribution in [0.4, 0.5) is 0 Å². The maximum atomic E-state index is 12.5. The summed E-state index contributed by atoms with van der Waals surface area (Å²) in [7, 11) is 0. The molecule has 8 heteroatoms. The third-order valence-corrected chi connectivity index (χ3v) is 6.25. The van der Waals surface area contributed by atoms with Gasteiger partial charge in [-0.2, -0.15) is 0 Å². The molecule has 7 nitrogen and oxygen atoms in total. The number of nitrogens with one attached hydrogen (secondary N) is 1. The molecule has 0 bridgehead atoms. The maximum absolute atomic E-state index is 12.5. The average Bonchev–Trinajstić information content (AvgIpc) is 3.07. The third kappa shape index (κ3) is 7.51. The molecule has 2 saturated heterocycles. The summed E-state index contributed by atoms with van der Waals surface area (Å²) in [6.45, 7) is 5.46. The van der Waals surface area contributed by atoms with Gasteiger partial charge < -0.3 is 15.1 Å². The van der Waals surface area contributed by atoms with E-state index < -0.39 is 0 Å². The molecule has 2 fully saturated rings. The molecule has 1 N–H and O–H groups in total. The van der Waals surface area contributed by atoms with Gasteiger partial charge in [0.2, 0.25) is 11.8 Å². The van der Waals surface area contributed by atoms with E-state index in [2.05, 4.69) is 10.2 Å². The molecule has 1 aromatic carbocycles. The summed E-state index contributed by atoms with van der Waals surface area (Å²) in [6.07, 6.45) is 5.66. The van der Waals surface area contributed by atoms with Crippen molar-refractivity contribution in [1.29, 1.82) is 0 Å². The molecular formula is C23H33ClN4O3. The highest BCUT2D eigenvalue weighted by Crippen LogP contribution is 2.12. The average molecular weight is 449 g/mol. The second-order valence-corrected chi connectivity index (χ2v) is 8.75. The number of nitrogens with zero attached hydrogens (tertiary/aromatic N) is 3. The number of rotatable bonds is 7. The van der Waals surface area contributed by atoms with Crippen molar-refractivity contribution in [1.82, 2.24) is 20.0 Å². The zero-order valence-electron chi connectivity index (χ0n) is 18.2. The Morgan fingerprint density at radius 3 is 2.06 bits per heavy atom. The van der Waals surface area contributed by atoms with Crippen LogP contribution in [0.15, 0.2) is 24.3 Å². The minimum Gasteiger partial charge on any atom is -0.352 e. The van der Waals surface area contributed by atoms with Crippen molar-refractivity contribution in [3.8, 4) is 0 Å². The normalized spacial score (nSPS) is 17.8. The number of carbonyl (C=O) groups excluding carboxylic acids is 3. The summed E-state index contributed by atoms with van der Waals surface area (Å²) >= 11 is 5.83. The van der Waals surface area contributed by atoms with Gasteiger partial charge in [-0.25, -0.2) is 0 Å². The van der Waals surface area contributed by atoms with Gasteiger partial charge in [0.25, 0.3) is 5.91 Å². The number of hydrogen-bond acceptors (Lipinski definition) is 4. The Kier molecular flexibility index (Phi) is 9.15. The Balaban J connectivity index is 1.30. The van der Waals surface area contributed by atoms with Gasteiger partial charge in [-0.1, -0.05) is 24.4 Å². The number of piperazine rings is 1. The number of hydrogen-bond donors (Lipinski definition) is 1. The molecule has 0 aliphatic carbocycles. The van der Waals surface area contributed by atoms with Crippen LogP contribution in [-0.4, -0.2) is 84.8 Å². The van der Waals surface area contributed by atoms with Crippen LogP contribution in [0.5, 0.6) is 0 Å². The second kappa shape index (κ2) is 12.1. The van der Waals surface area contributed by atoms with Crippen LogP contribution < -0.4 is 5.32 Å². The maximum Gasteiger partial charge on any atom is 0.251 e. The fourth-order valence-corrected chi connectivity index (χ4v) is 4.20. The number of likely N-dealkylation sites (tertiary alicyclic amines) is 1. The summed E-state index contributed by atoms with van der Waals surface area (Å²) in [6, 6.07) is 6.72. The van der Waals surface area contributed by atoms with Gasteiger partial charge in [0.1, 0.15) is 0 Å². The summed E-state index contributed by atoms with van der Waals surface area (Å²) < 4.78 is 0. The molecule has 0 radical (unpaired) electrons. The molecule has 1 aromatic rings. The van der Waals surface area contributed by atoms with Crippen LogP contribution in [0.1, 0.15) is 48.9 Å². The van der Waals surface area contributed by atoms with Gasteiger partial charge in [0.05, 0.1) is 6.54 Å². The van der Waals surface area contributed by atoms with Crippen molar-refractivity contribution in [3.63, 3.8) is 0 Å². The monoisotopic (exact) mass is 448 g/mol. The molecule has 2 heterocycles. The van der Waals surface area contributed by atoms with Crippen LogP contribution in [0.2, 0.25) is 5.02 Å². The predicted molar refractivity (Wildman–Crippen MR) is 121 cm³/mol. The first-order valence-corrected chi connectivity index (χ1v) is 11.7. The SMILES string of the molecule is O=C(NCCCC(=O)N1CCN(CC(=O)N2CCCCCC2)CC1)c1ccc(Cl)cc1. The number of halogens is 1. The van der Waals surface area contributed by atoms with Crippen molar-refractivity contribution >= 4 is 29.3 Å². The Morgan fingerprint density at radius 2 is 1.42 bits per heavy atom. The lowest BCUT2D eigenvalue weighted by atomic mass is 10.2. The molecule has 170 valence electrons. The third-order valence-electron chi connectivity index (χ3n) is 6.00. The Bertz CT molecular complexity index is 740. The smallest absolute Gasteiger partial charge is 0.251 e. The first kappa shape index (κ1) is 23.5. The van der Waals surface area contributed by atoms with E-state index in [0.29, 0.717) is 49.6 Å². The molecule has 0 saturated carbocycles. The molecule has 3 amide bonds. The standard InChI is InChI=1S/C23H33ClN4O3/c24-20-9-7-19(8-10-20)23(31)25-11-5-6-21(29)28-16-14-26(15-17-28)18-22(30)27-12-3-1-2-4-13-27/h7-10H,1-6,11-18H2,(H,25,31). The molecule has 0 spiro atoms. The van der Waals surface area contributed by atoms with E-state index in [4.69, 9.17) is 11.6 Å². The molecule has 0 aromatic heterocycles. The van der Waals surface area contributed by atoms with E-state index in [-0.39, 0.29) is 17.7 Å². The zero-order valence-corrected chi connectivity index (χ0v) is 18.9. The van der Waals surface area contributed by atoms with E-state index in [0.717, 1.165) is 39.0 Å². The van der Waals surface area contributed by atoms with Crippen molar-refractivity contribution < 1.29 is 14.4 Å². The van der Waals surface area contributed by atoms with E-state index >= 15 is 0 Å². The van der Waals surface area contributed by atoms with Crippen LogP contribution >= 0.6 is 11.6 Å². The predicted octanol–water partition coefficient (Wildman–Crippen LogP) is 2.40. The summed E-state index contributed by atoms with van der Waals surface area (Å²) in [5.41, 5.74) is 0.557. The highest BCUT2D eigenvalue weighted by atomic mass is 35.5. The molecule has 2 aliphatic heterocycles. The molecule has 2 aliphatic rings. The van der Waals surface area contributed by atoms with Gasteiger partial charge in [-0.05, 0) is 43.5 Å². The fourth-order valence-electron chi connectivity index (χ4n) is 4.07. The van der Waals surface area contributed by atoms with Gasteiger partial charge in [-0.15, -0.1) is 0 Å². The second-order valence-electron chi connectivity index (χ2n) is 8.32. The first-order chi connectivity index (χ1) is 15.0. The first-order valence-electron chi connectivity index (χ1n) is 11.3. The minimum absolute atomic E-state index is 0.110. The number of benzene rings is 1. The Hall–Kier alpha value is -2.12. The molecule has 0 atom stereocenters. The lowest BCUT2D eigenvalue weighted by molar-refractivity contribution is -0.135. The van der Waals surface area contributed by atoms with Gasteiger partial charge in [0.15, 0.2) is 0 Å². The summed E-state index contributed by atoms with van der Waals surface area (Å²) in [4.78, 5) is 43.1. The van der Waals surface area contributed by atoms with E-state index in [9.17, 15) is 14.4 Å². The topological polar surface area (TPSA) is 73.0 Å². The van der Waals surface area contributed by atoms with Crippen molar-refractivity contribution in [2.24, 2.45) is 0 Å². The van der Waals surface area contributed by atoms with Crippen LogP contribution in [-0.2, 0) is 9.59 Å². The Labute approximate surface area is 189 Å². The van der Waals surface area contributed by atoms with Crippen molar-refractivity contribution in [3.05, 3.63) is 34.9 Å². The zero-order chi connectivity index (χ0) is 22.1. The van der Waals surface area contributed by atoms with E-state index in [1.54, 1.807) is 24.3 Å². The van der Waals surface area contributed by atoms with E-state index in [1.165, 1.54) is 12.8 Å². The summed E-state index contributed by atoms with van der Waals surface area (Å²) in [5, 5.41) is 3.43. The molecule has 3 rings (SSSR count). The van der Waals surface area contributed by atoms with Crippen LogP contribution in [0.25, 0.3) is 0 Å². The lowest BCUT2D eigenvalue weighted by Crippen LogP contribution is -2.51. The van der Waals surface area contributed by atoms with Crippen molar-refractivity contribution in [2.75, 3.05) is 52.4 Å².